The van der Waals surface area contributed by atoms with Gasteiger partial charge in [0.1, 0.15) is 28.7 Å². The molecule has 346 valence electrons. The van der Waals surface area contributed by atoms with Gasteiger partial charge in [-0.2, -0.15) is 0 Å². The van der Waals surface area contributed by atoms with E-state index in [2.05, 4.69) is 26.9 Å². The van der Waals surface area contributed by atoms with Gasteiger partial charge in [0.25, 0.3) is 0 Å². The predicted molar refractivity (Wildman–Crippen MR) is 249 cm³/mol. The minimum Gasteiger partial charge on any atom is -0.462 e. The number of hydrogen-bond donors (Lipinski definition) is 2. The van der Waals surface area contributed by atoms with Crippen molar-refractivity contribution in [1.29, 1.82) is 0 Å². The highest BCUT2D eigenvalue weighted by Gasteiger charge is 2.41. The molecule has 1 unspecified atom stereocenters. The standard InChI is InChI=1S/C48H54FN9O7S/c1-24(2)41(52-47(61)63-6)44(59)56-14-8-10-36(56)33-18-30(22-50-33)27-12-13-35-29(16-27)20-38-40-32(49)17-28(21-39(40)65-46(58(35)38)43-55-54-26(5)66-43)31-19-34(51-23-31)37-11-9-15-57(37)45(60)42(25(3)4)53-48(62)64-7/h12-13,16-17,20-25,36-37,41-42,46H,8-11,14-15,18-19H2,1-7H3,(H,52,61)(H,53,62)/t36-,37-,41-,42-,46?/m0/s1. The summed E-state index contributed by atoms with van der Waals surface area (Å²) in [6.45, 7) is 10.6. The Kier molecular flexibility index (Phi) is 12.3. The molecule has 66 heavy (non-hydrogen) atoms. The van der Waals surface area contributed by atoms with Gasteiger partial charge in [-0.1, -0.05) is 45.1 Å². The van der Waals surface area contributed by atoms with Gasteiger partial charge >= 0.3 is 12.2 Å². The number of alkyl carbamates (subject to hydrolysis) is 2. The number of ether oxygens (including phenoxy) is 3. The van der Waals surface area contributed by atoms with Crippen molar-refractivity contribution in [3.8, 4) is 17.0 Å². The number of aryl methyl sites for hydroxylation is 1. The molecular weight excluding hydrogens is 866 g/mol. The number of amides is 4. The van der Waals surface area contributed by atoms with Crippen molar-refractivity contribution in [2.75, 3.05) is 27.3 Å². The van der Waals surface area contributed by atoms with Crippen LogP contribution in [-0.2, 0) is 19.1 Å². The number of fused-ring (bicyclic) bond motifs is 5. The predicted octanol–water partition coefficient (Wildman–Crippen LogP) is 7.66. The van der Waals surface area contributed by atoms with E-state index in [-0.39, 0.29) is 35.7 Å². The number of rotatable bonds is 11. The molecule has 0 radical (unpaired) electrons. The number of carbonyl (C=O) groups is 4. The van der Waals surface area contributed by atoms with Crippen LogP contribution in [0.15, 0.2) is 58.8 Å². The number of nitrogens with zero attached hydrogens (tertiary/aromatic N) is 7. The first-order chi connectivity index (χ1) is 31.7. The maximum Gasteiger partial charge on any atom is 0.407 e. The number of hydrogen-bond acceptors (Lipinski definition) is 12. The SMILES string of the molecule is COC(=O)N[C@H](C(=O)N1CCC[C@H]1C1=NC=C(c2cc(F)c3c(c2)OC(c2nnc(C)s2)n2c-3cc3cc(C4=CN=C([C@@H]5CCCN5C(=O)[C@@H](NC(=O)OC)C(C)C)C4)ccc32)C1)C(C)C. The fourth-order valence-corrected chi connectivity index (χ4v) is 10.6. The summed E-state index contributed by atoms with van der Waals surface area (Å²) in [6, 6.07) is 9.59. The van der Waals surface area contributed by atoms with Gasteiger partial charge in [-0.05, 0) is 97.0 Å². The Labute approximate surface area is 386 Å². The smallest absolute Gasteiger partial charge is 0.407 e. The van der Waals surface area contributed by atoms with Crippen LogP contribution >= 0.6 is 11.3 Å². The van der Waals surface area contributed by atoms with Crippen LogP contribution in [0.4, 0.5) is 14.0 Å². The van der Waals surface area contributed by atoms with Gasteiger partial charge in [0.2, 0.25) is 18.0 Å². The molecule has 0 saturated carbocycles. The summed E-state index contributed by atoms with van der Waals surface area (Å²) in [4.78, 5) is 65.1. The summed E-state index contributed by atoms with van der Waals surface area (Å²) in [6.07, 6.45) is 5.71. The monoisotopic (exact) mass is 919 g/mol. The quantitative estimate of drug-likeness (QED) is 0.153. The number of nitrogens with one attached hydrogen (secondary N) is 2. The maximum atomic E-state index is 16.8. The molecule has 18 heteroatoms. The van der Waals surface area contributed by atoms with Crippen molar-refractivity contribution in [3.63, 3.8) is 0 Å². The van der Waals surface area contributed by atoms with E-state index in [1.54, 1.807) is 11.1 Å². The van der Waals surface area contributed by atoms with E-state index in [0.29, 0.717) is 53.5 Å². The van der Waals surface area contributed by atoms with E-state index in [1.807, 2.05) is 74.6 Å². The van der Waals surface area contributed by atoms with Crippen molar-refractivity contribution in [1.82, 2.24) is 35.2 Å². The average Bonchev–Trinajstić information content (AvgIpc) is 4.16. The Bertz CT molecular complexity index is 2760. The molecule has 2 aromatic carbocycles. The molecule has 2 fully saturated rings. The van der Waals surface area contributed by atoms with E-state index in [0.717, 1.165) is 69.7 Å². The first-order valence-electron chi connectivity index (χ1n) is 22.5. The molecule has 2 saturated heterocycles. The molecule has 5 aliphatic heterocycles. The largest absolute Gasteiger partial charge is 0.462 e. The van der Waals surface area contributed by atoms with Gasteiger partial charge in [0.05, 0.1) is 43.1 Å². The number of carbonyl (C=O) groups excluding carboxylic acids is 4. The first kappa shape index (κ1) is 44.8. The van der Waals surface area contributed by atoms with Gasteiger partial charge in [-0.15, -0.1) is 10.2 Å². The van der Waals surface area contributed by atoms with Crippen LogP contribution in [-0.4, -0.2) is 111 Å². The second-order valence-corrected chi connectivity index (χ2v) is 19.3. The molecule has 4 aromatic rings. The third-order valence-electron chi connectivity index (χ3n) is 13.3. The van der Waals surface area contributed by atoms with Gasteiger partial charge < -0.3 is 34.6 Å². The normalized spacial score (nSPS) is 20.9. The zero-order valence-electron chi connectivity index (χ0n) is 38.1. The van der Waals surface area contributed by atoms with Gasteiger partial charge in [0.15, 0.2) is 5.01 Å². The topological polar surface area (TPSA) is 182 Å². The molecule has 9 rings (SSSR count). The Morgan fingerprint density at radius 3 is 1.89 bits per heavy atom. The number of likely N-dealkylation sites (tertiary alicyclic amines) is 2. The number of aromatic nitrogens is 3. The lowest BCUT2D eigenvalue weighted by atomic mass is 9.95. The van der Waals surface area contributed by atoms with Crippen molar-refractivity contribution in [3.05, 3.63) is 75.8 Å². The highest BCUT2D eigenvalue weighted by molar-refractivity contribution is 7.11. The van der Waals surface area contributed by atoms with Crippen molar-refractivity contribution < 1.29 is 37.8 Å². The molecular formula is C48H54FN9O7S. The highest BCUT2D eigenvalue weighted by atomic mass is 32.1. The van der Waals surface area contributed by atoms with E-state index in [4.69, 9.17) is 24.2 Å². The number of halogens is 1. The maximum absolute atomic E-state index is 16.8. The third-order valence-corrected chi connectivity index (χ3v) is 14.1. The summed E-state index contributed by atoms with van der Waals surface area (Å²) < 4.78 is 35.1. The van der Waals surface area contributed by atoms with Crippen LogP contribution in [0.3, 0.4) is 0 Å². The molecule has 2 aromatic heterocycles. The Hall–Kier alpha value is -6.43. The van der Waals surface area contributed by atoms with Crippen LogP contribution in [0.5, 0.6) is 5.75 Å². The molecule has 5 atom stereocenters. The highest BCUT2D eigenvalue weighted by Crippen LogP contribution is 2.48. The Morgan fingerprint density at radius 2 is 1.36 bits per heavy atom. The number of aliphatic imine (C=N–C) groups is 2. The third kappa shape index (κ3) is 8.24. The van der Waals surface area contributed by atoms with E-state index in [9.17, 15) is 19.2 Å². The van der Waals surface area contributed by atoms with E-state index in [1.165, 1.54) is 31.6 Å². The van der Waals surface area contributed by atoms with Gasteiger partial charge in [0, 0.05) is 55.1 Å². The lowest BCUT2D eigenvalue weighted by molar-refractivity contribution is -0.134. The molecule has 0 aliphatic carbocycles. The zero-order valence-corrected chi connectivity index (χ0v) is 38.9. The summed E-state index contributed by atoms with van der Waals surface area (Å²) in [7, 11) is 2.56. The summed E-state index contributed by atoms with van der Waals surface area (Å²) in [5, 5.41) is 16.5. The van der Waals surface area contributed by atoms with Crippen LogP contribution in [0.1, 0.15) is 93.6 Å². The van der Waals surface area contributed by atoms with Crippen LogP contribution in [0, 0.1) is 24.6 Å². The molecule has 7 heterocycles. The second-order valence-electron chi connectivity index (χ2n) is 18.1. The van der Waals surface area contributed by atoms with Crippen LogP contribution in [0.25, 0.3) is 33.3 Å². The van der Waals surface area contributed by atoms with E-state index >= 15 is 4.39 Å². The number of methoxy groups -OCH3 is 2. The van der Waals surface area contributed by atoms with Crippen molar-refractivity contribution in [2.24, 2.45) is 21.8 Å². The fraction of sp³-hybridized carbons (Fsp3) is 0.458. The summed E-state index contributed by atoms with van der Waals surface area (Å²) in [5.74, 6) is -0.706. The molecule has 0 bridgehead atoms. The van der Waals surface area contributed by atoms with E-state index < -0.39 is 36.3 Å². The lowest BCUT2D eigenvalue weighted by Gasteiger charge is -2.31. The van der Waals surface area contributed by atoms with Gasteiger partial charge in [-0.25, -0.2) is 14.0 Å². The zero-order chi connectivity index (χ0) is 46.6. The molecule has 2 N–H and O–H groups in total. The van der Waals surface area contributed by atoms with Crippen LogP contribution < -0.4 is 15.4 Å². The minimum absolute atomic E-state index is 0.135. The molecule has 0 spiro atoms. The lowest BCUT2D eigenvalue weighted by Crippen LogP contribution is -2.53. The minimum atomic E-state index is -0.748. The van der Waals surface area contributed by atoms with Crippen LogP contribution in [0.2, 0.25) is 0 Å². The average molecular weight is 920 g/mol. The first-order valence-corrected chi connectivity index (χ1v) is 23.3. The number of allylic oxidation sites excluding steroid dienone is 2. The summed E-state index contributed by atoms with van der Waals surface area (Å²) in [5.41, 5.74) is 6.90. The molecule has 16 nitrogen and oxygen atoms in total. The fourth-order valence-electron chi connectivity index (χ4n) is 9.90. The van der Waals surface area contributed by atoms with Crippen molar-refractivity contribution in [2.45, 2.75) is 104 Å². The van der Waals surface area contributed by atoms with Crippen molar-refractivity contribution >= 4 is 68.8 Å². The second kappa shape index (κ2) is 18.1. The Balaban J connectivity index is 0.965. The molecule has 4 amide bonds. The van der Waals surface area contributed by atoms with Gasteiger partial charge in [-0.3, -0.25) is 24.1 Å². The summed E-state index contributed by atoms with van der Waals surface area (Å²) >= 11 is 1.42. The Morgan fingerprint density at radius 1 is 0.788 bits per heavy atom. The number of benzene rings is 2. The molecule has 5 aliphatic rings.